The molecular formula is C14H19NO. The van der Waals surface area contributed by atoms with E-state index in [0.29, 0.717) is 0 Å². The molecule has 2 heteroatoms. The van der Waals surface area contributed by atoms with Gasteiger partial charge in [0.25, 0.3) is 0 Å². The highest BCUT2D eigenvalue weighted by Gasteiger charge is 1.91. The van der Waals surface area contributed by atoms with E-state index >= 15 is 0 Å². The fourth-order valence-corrected chi connectivity index (χ4v) is 1.51. The van der Waals surface area contributed by atoms with Gasteiger partial charge in [-0.15, -0.1) is 0 Å². The summed E-state index contributed by atoms with van der Waals surface area (Å²) >= 11 is 0. The highest BCUT2D eigenvalue weighted by Crippen LogP contribution is 2.06. The highest BCUT2D eigenvalue weighted by molar-refractivity contribution is 5.87. The van der Waals surface area contributed by atoms with Gasteiger partial charge in [-0.25, -0.2) is 0 Å². The van der Waals surface area contributed by atoms with Crippen molar-refractivity contribution >= 4 is 5.91 Å². The van der Waals surface area contributed by atoms with E-state index in [2.05, 4.69) is 29.6 Å². The molecule has 0 aliphatic carbocycles. The van der Waals surface area contributed by atoms with Gasteiger partial charge in [0.05, 0.1) is 0 Å². The zero-order valence-corrected chi connectivity index (χ0v) is 9.78. The van der Waals surface area contributed by atoms with E-state index in [1.807, 2.05) is 12.1 Å². The summed E-state index contributed by atoms with van der Waals surface area (Å²) in [6.07, 6.45) is 7.92. The van der Waals surface area contributed by atoms with Crippen LogP contribution in [0.5, 0.6) is 0 Å². The summed E-state index contributed by atoms with van der Waals surface area (Å²) < 4.78 is 0. The molecule has 1 aromatic carbocycles. The van der Waals surface area contributed by atoms with E-state index in [9.17, 15) is 4.79 Å². The maximum atomic E-state index is 10.9. The van der Waals surface area contributed by atoms with Crippen LogP contribution in [0.2, 0.25) is 0 Å². The lowest BCUT2D eigenvalue weighted by Gasteiger charge is -1.99. The molecule has 0 aliphatic rings. The number of allylic oxidation sites excluding steroid dienone is 1. The first-order valence-corrected chi connectivity index (χ1v) is 5.75. The van der Waals surface area contributed by atoms with Gasteiger partial charge >= 0.3 is 0 Å². The Bertz CT molecular complexity index is 330. The predicted molar refractivity (Wildman–Crippen MR) is 67.2 cm³/mol. The number of nitrogens with one attached hydrogen (secondary N) is 1. The fraction of sp³-hybridized carbons (Fsp3) is 0.357. The molecule has 0 spiro atoms. The van der Waals surface area contributed by atoms with Crippen molar-refractivity contribution in [3.8, 4) is 0 Å². The van der Waals surface area contributed by atoms with Gasteiger partial charge in [0, 0.05) is 7.05 Å². The number of carbonyl (C=O) groups is 1. The van der Waals surface area contributed by atoms with E-state index in [1.165, 1.54) is 12.0 Å². The molecule has 0 saturated carbocycles. The molecule has 0 heterocycles. The molecule has 0 aliphatic heterocycles. The number of unbranched alkanes of at least 4 members (excludes halogenated alkanes) is 2. The Morgan fingerprint density at radius 1 is 1.25 bits per heavy atom. The maximum Gasteiger partial charge on any atom is 0.243 e. The first-order chi connectivity index (χ1) is 7.83. The third kappa shape index (κ3) is 5.35. The SMILES string of the molecule is CNC(=O)C=CCCCCc1ccccc1. The van der Waals surface area contributed by atoms with Gasteiger partial charge in [-0.3, -0.25) is 4.79 Å². The number of hydrogen-bond donors (Lipinski definition) is 1. The van der Waals surface area contributed by atoms with E-state index in [4.69, 9.17) is 0 Å². The fourth-order valence-electron chi connectivity index (χ4n) is 1.51. The monoisotopic (exact) mass is 217 g/mol. The number of amides is 1. The van der Waals surface area contributed by atoms with Crippen molar-refractivity contribution in [2.75, 3.05) is 7.05 Å². The normalized spacial score (nSPS) is 10.6. The molecule has 1 N–H and O–H groups in total. The second-order valence-corrected chi connectivity index (χ2v) is 3.75. The number of benzene rings is 1. The zero-order valence-electron chi connectivity index (χ0n) is 9.78. The van der Waals surface area contributed by atoms with Crippen molar-refractivity contribution in [1.82, 2.24) is 5.32 Å². The standard InChI is InChI=1S/C14H19NO/c1-15-14(16)12-8-3-2-5-9-13-10-6-4-7-11-13/h4,6-8,10-12H,2-3,5,9H2,1H3,(H,15,16). The predicted octanol–water partition coefficient (Wildman–Crippen LogP) is 2.70. The Kier molecular flexibility index (Phi) is 6.00. The van der Waals surface area contributed by atoms with Gasteiger partial charge in [0.2, 0.25) is 5.91 Å². The van der Waals surface area contributed by atoms with Crippen molar-refractivity contribution in [1.29, 1.82) is 0 Å². The van der Waals surface area contributed by atoms with E-state index in [1.54, 1.807) is 13.1 Å². The van der Waals surface area contributed by atoms with E-state index in [-0.39, 0.29) is 5.91 Å². The molecule has 0 aromatic heterocycles. The third-order valence-electron chi connectivity index (χ3n) is 2.44. The molecule has 0 unspecified atom stereocenters. The van der Waals surface area contributed by atoms with Crippen LogP contribution in [-0.2, 0) is 11.2 Å². The summed E-state index contributed by atoms with van der Waals surface area (Å²) in [5.41, 5.74) is 1.39. The minimum Gasteiger partial charge on any atom is -0.356 e. The lowest BCUT2D eigenvalue weighted by molar-refractivity contribution is -0.116. The van der Waals surface area contributed by atoms with Crippen LogP contribution in [-0.4, -0.2) is 13.0 Å². The van der Waals surface area contributed by atoms with Gasteiger partial charge in [0.1, 0.15) is 0 Å². The second-order valence-electron chi connectivity index (χ2n) is 3.75. The summed E-state index contributed by atoms with van der Waals surface area (Å²) in [5, 5.41) is 2.56. The smallest absolute Gasteiger partial charge is 0.243 e. The van der Waals surface area contributed by atoms with Gasteiger partial charge in [-0.2, -0.15) is 0 Å². The Morgan fingerprint density at radius 2 is 2.00 bits per heavy atom. The van der Waals surface area contributed by atoms with Gasteiger partial charge in [-0.05, 0) is 37.3 Å². The minimum absolute atomic E-state index is 0.0249. The first-order valence-electron chi connectivity index (χ1n) is 5.75. The third-order valence-corrected chi connectivity index (χ3v) is 2.44. The van der Waals surface area contributed by atoms with Crippen molar-refractivity contribution in [2.24, 2.45) is 0 Å². The zero-order chi connectivity index (χ0) is 11.6. The quantitative estimate of drug-likeness (QED) is 0.576. The van der Waals surface area contributed by atoms with Crippen LogP contribution in [0.25, 0.3) is 0 Å². The molecule has 0 saturated heterocycles. The summed E-state index contributed by atoms with van der Waals surface area (Å²) in [6.45, 7) is 0. The number of hydrogen-bond acceptors (Lipinski definition) is 1. The molecule has 16 heavy (non-hydrogen) atoms. The lowest BCUT2D eigenvalue weighted by Crippen LogP contribution is -2.13. The molecule has 0 atom stereocenters. The maximum absolute atomic E-state index is 10.9. The molecule has 0 bridgehead atoms. The van der Waals surface area contributed by atoms with E-state index < -0.39 is 0 Å². The number of carbonyl (C=O) groups excluding carboxylic acids is 1. The Morgan fingerprint density at radius 3 is 2.69 bits per heavy atom. The van der Waals surface area contributed by atoms with Crippen molar-refractivity contribution in [3.63, 3.8) is 0 Å². The highest BCUT2D eigenvalue weighted by atomic mass is 16.1. The van der Waals surface area contributed by atoms with Crippen LogP contribution in [0, 0.1) is 0 Å². The molecule has 2 nitrogen and oxygen atoms in total. The van der Waals surface area contributed by atoms with Crippen LogP contribution in [0.1, 0.15) is 24.8 Å². The van der Waals surface area contributed by atoms with Crippen LogP contribution < -0.4 is 5.32 Å². The Hall–Kier alpha value is -1.57. The average molecular weight is 217 g/mol. The number of likely N-dealkylation sites (N-methyl/N-ethyl adjacent to an activating group) is 1. The van der Waals surface area contributed by atoms with Gasteiger partial charge in [0.15, 0.2) is 0 Å². The molecule has 1 rings (SSSR count). The molecule has 0 radical (unpaired) electrons. The van der Waals surface area contributed by atoms with E-state index in [0.717, 1.165) is 19.3 Å². The molecule has 0 fully saturated rings. The molecule has 1 aromatic rings. The molecular weight excluding hydrogens is 198 g/mol. The number of aryl methyl sites for hydroxylation is 1. The summed E-state index contributed by atoms with van der Waals surface area (Å²) in [6, 6.07) is 10.5. The summed E-state index contributed by atoms with van der Waals surface area (Å²) in [5.74, 6) is -0.0249. The average Bonchev–Trinajstić information content (AvgIpc) is 2.34. The topological polar surface area (TPSA) is 29.1 Å². The van der Waals surface area contributed by atoms with Crippen LogP contribution in [0.15, 0.2) is 42.5 Å². The Balaban J connectivity index is 2.09. The van der Waals surface area contributed by atoms with Crippen LogP contribution in [0.3, 0.4) is 0 Å². The largest absolute Gasteiger partial charge is 0.356 e. The van der Waals surface area contributed by atoms with Crippen molar-refractivity contribution in [3.05, 3.63) is 48.0 Å². The van der Waals surface area contributed by atoms with Crippen LogP contribution in [0.4, 0.5) is 0 Å². The lowest BCUT2D eigenvalue weighted by atomic mass is 10.1. The van der Waals surface area contributed by atoms with Gasteiger partial charge in [-0.1, -0.05) is 36.4 Å². The first kappa shape index (κ1) is 12.5. The molecule has 86 valence electrons. The summed E-state index contributed by atoms with van der Waals surface area (Å²) in [4.78, 5) is 10.9. The number of rotatable bonds is 6. The van der Waals surface area contributed by atoms with Crippen molar-refractivity contribution < 1.29 is 4.79 Å². The second kappa shape index (κ2) is 7.69. The summed E-state index contributed by atoms with van der Waals surface area (Å²) in [7, 11) is 1.64. The Labute approximate surface area is 97.4 Å². The molecule has 1 amide bonds. The minimum atomic E-state index is -0.0249. The van der Waals surface area contributed by atoms with Gasteiger partial charge < -0.3 is 5.32 Å². The van der Waals surface area contributed by atoms with Crippen molar-refractivity contribution in [2.45, 2.75) is 25.7 Å². The van der Waals surface area contributed by atoms with Crippen LogP contribution >= 0.6 is 0 Å².